The first kappa shape index (κ1) is 19.8. The predicted octanol–water partition coefficient (Wildman–Crippen LogP) is 6.15. The van der Waals surface area contributed by atoms with Crippen molar-refractivity contribution in [3.8, 4) is 10.4 Å². The Balaban J connectivity index is 1.81. The summed E-state index contributed by atoms with van der Waals surface area (Å²) in [7, 11) is 0. The van der Waals surface area contributed by atoms with E-state index in [-0.39, 0.29) is 22.9 Å². The van der Waals surface area contributed by atoms with Crippen LogP contribution in [0.3, 0.4) is 0 Å². The van der Waals surface area contributed by atoms with Gasteiger partial charge in [0.1, 0.15) is 5.56 Å². The molecule has 0 unspecified atom stereocenters. The Labute approximate surface area is 174 Å². The molecule has 138 valence electrons. The van der Waals surface area contributed by atoms with Crippen molar-refractivity contribution >= 4 is 63.9 Å². The Bertz CT molecular complexity index is 990. The van der Waals surface area contributed by atoms with Crippen LogP contribution >= 0.6 is 46.3 Å². The van der Waals surface area contributed by atoms with Crippen LogP contribution in [0, 0.1) is 0 Å². The van der Waals surface area contributed by atoms with Crippen LogP contribution in [0.25, 0.3) is 10.4 Å². The van der Waals surface area contributed by atoms with E-state index in [9.17, 15) is 14.7 Å². The van der Waals surface area contributed by atoms with Crippen molar-refractivity contribution in [3.05, 3.63) is 69.5 Å². The van der Waals surface area contributed by atoms with Crippen molar-refractivity contribution in [3.63, 3.8) is 0 Å². The molecule has 0 saturated heterocycles. The van der Waals surface area contributed by atoms with Gasteiger partial charge in [0.2, 0.25) is 5.91 Å². The largest absolute Gasteiger partial charge is 0.478 e. The van der Waals surface area contributed by atoms with E-state index in [1.54, 1.807) is 23.6 Å². The van der Waals surface area contributed by atoms with Gasteiger partial charge in [-0.15, -0.1) is 23.1 Å². The van der Waals surface area contributed by atoms with Crippen LogP contribution in [0.2, 0.25) is 10.0 Å². The van der Waals surface area contributed by atoms with Gasteiger partial charge in [0.15, 0.2) is 0 Å². The topological polar surface area (TPSA) is 66.4 Å². The summed E-state index contributed by atoms with van der Waals surface area (Å²) in [5, 5.41) is 14.7. The summed E-state index contributed by atoms with van der Waals surface area (Å²) >= 11 is 14.7. The quantitative estimate of drug-likeness (QED) is 0.453. The first-order valence-electron chi connectivity index (χ1n) is 7.73. The molecule has 0 aliphatic carbocycles. The lowest BCUT2D eigenvalue weighted by Crippen LogP contribution is -2.15. The Morgan fingerprint density at radius 3 is 2.52 bits per heavy atom. The van der Waals surface area contributed by atoms with Crippen LogP contribution in [0.4, 0.5) is 5.69 Å². The van der Waals surface area contributed by atoms with Crippen molar-refractivity contribution in [2.24, 2.45) is 0 Å². The Morgan fingerprint density at radius 2 is 1.85 bits per heavy atom. The predicted molar refractivity (Wildman–Crippen MR) is 113 cm³/mol. The molecule has 0 fully saturated rings. The van der Waals surface area contributed by atoms with Crippen molar-refractivity contribution < 1.29 is 14.7 Å². The van der Waals surface area contributed by atoms with E-state index in [0.717, 1.165) is 4.90 Å². The Hall–Kier alpha value is -1.99. The van der Waals surface area contributed by atoms with Crippen LogP contribution < -0.4 is 5.32 Å². The van der Waals surface area contributed by atoms with Gasteiger partial charge in [0.25, 0.3) is 0 Å². The fourth-order valence-corrected chi connectivity index (χ4v) is 4.70. The molecule has 0 aliphatic rings. The van der Waals surface area contributed by atoms with Crippen LogP contribution in [-0.2, 0) is 4.79 Å². The van der Waals surface area contributed by atoms with Crippen LogP contribution in [-0.4, -0.2) is 22.7 Å². The molecule has 1 heterocycles. The SMILES string of the molecule is O=C(CSc1ccccc1)Nc1csc(-c2ccc(Cl)cc2Cl)c1C(=O)O. The van der Waals surface area contributed by atoms with E-state index in [1.165, 1.54) is 23.1 Å². The molecule has 1 amide bonds. The second kappa shape index (κ2) is 8.80. The molecule has 2 N–H and O–H groups in total. The lowest BCUT2D eigenvalue weighted by molar-refractivity contribution is -0.113. The van der Waals surface area contributed by atoms with Gasteiger partial charge in [-0.25, -0.2) is 4.79 Å². The zero-order chi connectivity index (χ0) is 19.4. The average Bonchev–Trinajstić information content (AvgIpc) is 3.04. The molecular formula is C19H13Cl2NO3S2. The maximum atomic E-state index is 12.3. The van der Waals surface area contributed by atoms with E-state index in [0.29, 0.717) is 20.5 Å². The number of carbonyl (C=O) groups excluding carboxylic acids is 1. The van der Waals surface area contributed by atoms with Gasteiger partial charge >= 0.3 is 5.97 Å². The number of carbonyl (C=O) groups is 2. The normalized spacial score (nSPS) is 10.6. The fourth-order valence-electron chi connectivity index (χ4n) is 2.39. The molecule has 2 aromatic carbocycles. The number of hydrogen-bond acceptors (Lipinski definition) is 4. The van der Waals surface area contributed by atoms with Gasteiger partial charge in [-0.2, -0.15) is 0 Å². The highest BCUT2D eigenvalue weighted by molar-refractivity contribution is 8.00. The van der Waals surface area contributed by atoms with Gasteiger partial charge in [0.05, 0.1) is 21.3 Å². The minimum atomic E-state index is -1.14. The van der Waals surface area contributed by atoms with Crippen LogP contribution in [0.5, 0.6) is 0 Å². The number of anilines is 1. The first-order chi connectivity index (χ1) is 13.0. The number of carboxylic acids is 1. The molecule has 3 aromatic rings. The third-order valence-electron chi connectivity index (χ3n) is 3.57. The Morgan fingerprint density at radius 1 is 1.11 bits per heavy atom. The fraction of sp³-hybridized carbons (Fsp3) is 0.0526. The zero-order valence-electron chi connectivity index (χ0n) is 13.7. The summed E-state index contributed by atoms with van der Waals surface area (Å²) in [5.41, 5.74) is 0.831. The lowest BCUT2D eigenvalue weighted by atomic mass is 10.1. The van der Waals surface area contributed by atoms with Gasteiger partial charge < -0.3 is 10.4 Å². The maximum absolute atomic E-state index is 12.3. The molecular weight excluding hydrogens is 425 g/mol. The van der Waals surface area contributed by atoms with E-state index in [2.05, 4.69) is 5.32 Å². The number of rotatable bonds is 6. The molecule has 0 saturated carbocycles. The maximum Gasteiger partial charge on any atom is 0.339 e. The molecule has 0 atom stereocenters. The number of halogens is 2. The highest BCUT2D eigenvalue weighted by Crippen LogP contribution is 2.40. The molecule has 27 heavy (non-hydrogen) atoms. The summed E-state index contributed by atoms with van der Waals surface area (Å²) in [6, 6.07) is 14.4. The molecule has 0 radical (unpaired) electrons. The number of thioether (sulfide) groups is 1. The highest BCUT2D eigenvalue weighted by Gasteiger charge is 2.22. The molecule has 1 aromatic heterocycles. The molecule has 0 aliphatic heterocycles. The third-order valence-corrected chi connectivity index (χ3v) is 6.14. The summed E-state index contributed by atoms with van der Waals surface area (Å²) in [6.07, 6.45) is 0. The highest BCUT2D eigenvalue weighted by atomic mass is 35.5. The van der Waals surface area contributed by atoms with Gasteiger partial charge in [-0.3, -0.25) is 4.79 Å². The Kier molecular flexibility index (Phi) is 6.44. The molecule has 0 bridgehead atoms. The number of carboxylic acid groups (broad SMARTS) is 1. The standard InChI is InChI=1S/C19H13Cl2NO3S2/c20-11-6-7-13(14(21)8-11)18-17(19(24)25)15(9-27-18)22-16(23)10-26-12-4-2-1-3-5-12/h1-9H,10H2,(H,22,23)(H,24,25). The number of nitrogens with one attached hydrogen (secondary N) is 1. The van der Waals surface area contributed by atoms with Crippen molar-refractivity contribution in [2.75, 3.05) is 11.1 Å². The number of benzene rings is 2. The first-order valence-corrected chi connectivity index (χ1v) is 10.4. The number of amides is 1. The summed E-state index contributed by atoms with van der Waals surface area (Å²) in [5.74, 6) is -1.24. The average molecular weight is 438 g/mol. The van der Waals surface area contributed by atoms with Crippen molar-refractivity contribution in [1.82, 2.24) is 0 Å². The van der Waals surface area contributed by atoms with Crippen LogP contribution in [0.15, 0.2) is 58.8 Å². The molecule has 8 heteroatoms. The van der Waals surface area contributed by atoms with Gasteiger partial charge in [-0.05, 0) is 24.3 Å². The van der Waals surface area contributed by atoms with E-state index in [1.807, 2.05) is 30.3 Å². The van der Waals surface area contributed by atoms with Crippen molar-refractivity contribution in [2.45, 2.75) is 4.90 Å². The summed E-state index contributed by atoms with van der Waals surface area (Å²) in [6.45, 7) is 0. The minimum Gasteiger partial charge on any atom is -0.478 e. The van der Waals surface area contributed by atoms with Gasteiger partial charge in [0, 0.05) is 20.9 Å². The molecule has 3 rings (SSSR count). The number of thiophene rings is 1. The summed E-state index contributed by atoms with van der Waals surface area (Å²) < 4.78 is 0. The third kappa shape index (κ3) is 4.84. The lowest BCUT2D eigenvalue weighted by Gasteiger charge is -2.07. The number of hydrogen-bond donors (Lipinski definition) is 2. The molecule has 0 spiro atoms. The summed E-state index contributed by atoms with van der Waals surface area (Å²) in [4.78, 5) is 25.5. The van der Waals surface area contributed by atoms with E-state index >= 15 is 0 Å². The zero-order valence-corrected chi connectivity index (χ0v) is 16.9. The monoisotopic (exact) mass is 437 g/mol. The van der Waals surface area contributed by atoms with E-state index < -0.39 is 5.97 Å². The van der Waals surface area contributed by atoms with Crippen LogP contribution in [0.1, 0.15) is 10.4 Å². The number of aromatic carboxylic acids is 1. The van der Waals surface area contributed by atoms with Gasteiger partial charge in [-0.1, -0.05) is 47.5 Å². The second-order valence-electron chi connectivity index (χ2n) is 5.43. The van der Waals surface area contributed by atoms with Crippen molar-refractivity contribution in [1.29, 1.82) is 0 Å². The second-order valence-corrected chi connectivity index (χ2v) is 8.20. The smallest absolute Gasteiger partial charge is 0.339 e. The van der Waals surface area contributed by atoms with E-state index in [4.69, 9.17) is 23.2 Å². The molecule has 4 nitrogen and oxygen atoms in total. The minimum absolute atomic E-state index is 0.0160.